The summed E-state index contributed by atoms with van der Waals surface area (Å²) in [6.45, 7) is 7.10. The van der Waals surface area contributed by atoms with Gasteiger partial charge in [0.25, 0.3) is 0 Å². The Morgan fingerprint density at radius 1 is 1.45 bits per heavy atom. The van der Waals surface area contributed by atoms with Gasteiger partial charge in [-0.1, -0.05) is 0 Å². The number of hydrogen-bond donors (Lipinski definition) is 1. The molecule has 3 heterocycles. The molecule has 4 nitrogen and oxygen atoms in total. The molecule has 0 spiro atoms. The van der Waals surface area contributed by atoms with Crippen LogP contribution in [0.15, 0.2) is 24.0 Å². The molecule has 1 unspecified atom stereocenters. The van der Waals surface area contributed by atoms with Gasteiger partial charge in [-0.2, -0.15) is 0 Å². The number of hydrogen-bond acceptors (Lipinski definition) is 4. The van der Waals surface area contributed by atoms with Crippen LogP contribution >= 0.6 is 11.3 Å². The van der Waals surface area contributed by atoms with Crippen LogP contribution in [0.2, 0.25) is 0 Å². The molecular weight excluding hydrogens is 268 g/mol. The maximum atomic E-state index is 6.08. The molecule has 108 valence electrons. The molecule has 2 aromatic rings. The summed E-state index contributed by atoms with van der Waals surface area (Å²) < 4.78 is 2.24. The van der Waals surface area contributed by atoms with Crippen LogP contribution < -0.4 is 5.73 Å². The fourth-order valence-corrected chi connectivity index (χ4v) is 3.89. The van der Waals surface area contributed by atoms with Crippen molar-refractivity contribution in [2.75, 3.05) is 13.1 Å². The van der Waals surface area contributed by atoms with E-state index in [9.17, 15) is 0 Å². The lowest BCUT2D eigenvalue weighted by molar-refractivity contribution is 0.177. The molecule has 0 bridgehead atoms. The summed E-state index contributed by atoms with van der Waals surface area (Å²) in [5.41, 5.74) is 8.78. The minimum absolute atomic E-state index is 0.257. The van der Waals surface area contributed by atoms with E-state index in [4.69, 9.17) is 5.73 Å². The SMILES string of the molecule is CC(C)n1cncc1C(CN)N1CCc2sccc2C1. The fourth-order valence-electron chi connectivity index (χ4n) is 3.00. The number of nitrogens with two attached hydrogens (primary N) is 1. The summed E-state index contributed by atoms with van der Waals surface area (Å²) in [4.78, 5) is 8.35. The topological polar surface area (TPSA) is 47.1 Å². The van der Waals surface area contributed by atoms with E-state index in [1.165, 1.54) is 16.1 Å². The van der Waals surface area contributed by atoms with Gasteiger partial charge < -0.3 is 10.3 Å². The van der Waals surface area contributed by atoms with Gasteiger partial charge in [0.15, 0.2) is 0 Å². The highest BCUT2D eigenvalue weighted by atomic mass is 32.1. The zero-order valence-electron chi connectivity index (χ0n) is 12.1. The Bertz CT molecular complexity index is 572. The highest BCUT2D eigenvalue weighted by Gasteiger charge is 2.26. The molecule has 0 saturated heterocycles. The van der Waals surface area contributed by atoms with Gasteiger partial charge in [-0.25, -0.2) is 4.98 Å². The lowest BCUT2D eigenvalue weighted by Gasteiger charge is -2.34. The Morgan fingerprint density at radius 3 is 3.05 bits per heavy atom. The molecule has 0 fully saturated rings. The van der Waals surface area contributed by atoms with E-state index in [2.05, 4.69) is 39.7 Å². The van der Waals surface area contributed by atoms with Crippen LogP contribution in [0, 0.1) is 0 Å². The van der Waals surface area contributed by atoms with Gasteiger partial charge in [0.2, 0.25) is 0 Å². The predicted octanol–water partition coefficient (Wildman–Crippen LogP) is 2.58. The van der Waals surface area contributed by atoms with Crippen LogP contribution in [-0.4, -0.2) is 27.5 Å². The first-order chi connectivity index (χ1) is 9.70. The summed E-state index contributed by atoms with van der Waals surface area (Å²) >= 11 is 1.88. The Morgan fingerprint density at radius 2 is 2.30 bits per heavy atom. The zero-order chi connectivity index (χ0) is 14.1. The molecule has 0 amide bonds. The third-order valence-electron chi connectivity index (χ3n) is 4.09. The fraction of sp³-hybridized carbons (Fsp3) is 0.533. The van der Waals surface area contributed by atoms with Crippen molar-refractivity contribution < 1.29 is 0 Å². The molecule has 3 rings (SSSR count). The molecule has 0 aliphatic carbocycles. The summed E-state index contributed by atoms with van der Waals surface area (Å²) in [6.07, 6.45) is 5.03. The molecule has 0 aromatic carbocycles. The summed E-state index contributed by atoms with van der Waals surface area (Å²) in [5.74, 6) is 0. The van der Waals surface area contributed by atoms with Gasteiger partial charge in [0, 0.05) is 36.8 Å². The van der Waals surface area contributed by atoms with Crippen LogP contribution in [0.4, 0.5) is 0 Å². The van der Waals surface area contributed by atoms with Crippen molar-refractivity contribution in [2.24, 2.45) is 5.73 Å². The monoisotopic (exact) mass is 290 g/mol. The molecule has 2 N–H and O–H groups in total. The Hall–Kier alpha value is -1.17. The average Bonchev–Trinajstić information content (AvgIpc) is 3.07. The second kappa shape index (κ2) is 5.68. The molecule has 5 heteroatoms. The quantitative estimate of drug-likeness (QED) is 0.941. The highest BCUT2D eigenvalue weighted by molar-refractivity contribution is 7.10. The number of fused-ring (bicyclic) bond motifs is 1. The second-order valence-electron chi connectivity index (χ2n) is 5.66. The van der Waals surface area contributed by atoms with E-state index in [0.717, 1.165) is 19.5 Å². The molecule has 1 aliphatic heterocycles. The van der Waals surface area contributed by atoms with E-state index in [1.807, 2.05) is 23.9 Å². The van der Waals surface area contributed by atoms with Crippen LogP contribution in [-0.2, 0) is 13.0 Å². The highest BCUT2D eigenvalue weighted by Crippen LogP contribution is 2.30. The largest absolute Gasteiger partial charge is 0.331 e. The number of nitrogens with zero attached hydrogens (tertiary/aromatic N) is 3. The van der Waals surface area contributed by atoms with Crippen molar-refractivity contribution in [2.45, 2.75) is 38.9 Å². The van der Waals surface area contributed by atoms with Crippen molar-refractivity contribution in [1.29, 1.82) is 0 Å². The second-order valence-corrected chi connectivity index (χ2v) is 6.66. The minimum Gasteiger partial charge on any atom is -0.331 e. The Balaban J connectivity index is 1.86. The van der Waals surface area contributed by atoms with Crippen molar-refractivity contribution in [1.82, 2.24) is 14.5 Å². The predicted molar refractivity (Wildman–Crippen MR) is 82.8 cm³/mol. The number of rotatable bonds is 4. The van der Waals surface area contributed by atoms with Crippen molar-refractivity contribution in [3.63, 3.8) is 0 Å². The summed E-state index contributed by atoms with van der Waals surface area (Å²) in [5, 5.41) is 2.20. The Labute approximate surface area is 124 Å². The standard InChI is InChI=1S/C15H22N4S/c1-11(2)19-10-17-8-14(19)13(7-16)18-5-3-15-12(9-18)4-6-20-15/h4,6,8,10-11,13H,3,5,7,9,16H2,1-2H3. The molecule has 2 aromatic heterocycles. The lowest BCUT2D eigenvalue weighted by atomic mass is 10.1. The van der Waals surface area contributed by atoms with Crippen LogP contribution in [0.5, 0.6) is 0 Å². The normalized spacial score (nSPS) is 17.4. The summed E-state index contributed by atoms with van der Waals surface area (Å²) in [7, 11) is 0. The van der Waals surface area contributed by atoms with Gasteiger partial charge in [-0.3, -0.25) is 4.90 Å². The first-order valence-electron chi connectivity index (χ1n) is 7.21. The van der Waals surface area contributed by atoms with Crippen LogP contribution in [0.1, 0.15) is 42.1 Å². The van der Waals surface area contributed by atoms with E-state index in [1.54, 1.807) is 0 Å². The molecule has 0 radical (unpaired) electrons. The smallest absolute Gasteiger partial charge is 0.0951 e. The van der Waals surface area contributed by atoms with Crippen LogP contribution in [0.25, 0.3) is 0 Å². The maximum absolute atomic E-state index is 6.08. The van der Waals surface area contributed by atoms with Gasteiger partial charge >= 0.3 is 0 Å². The number of imidazole rings is 1. The molecule has 1 aliphatic rings. The van der Waals surface area contributed by atoms with Crippen molar-refractivity contribution in [3.05, 3.63) is 40.1 Å². The molecule has 0 saturated carbocycles. The molecular formula is C15H22N4S. The van der Waals surface area contributed by atoms with E-state index in [-0.39, 0.29) is 6.04 Å². The van der Waals surface area contributed by atoms with Gasteiger partial charge in [-0.05, 0) is 37.3 Å². The molecule has 1 atom stereocenters. The molecule has 20 heavy (non-hydrogen) atoms. The summed E-state index contributed by atoms with van der Waals surface area (Å²) in [6, 6.07) is 2.93. The van der Waals surface area contributed by atoms with Crippen LogP contribution in [0.3, 0.4) is 0 Å². The first kappa shape index (κ1) is 13.8. The van der Waals surface area contributed by atoms with E-state index >= 15 is 0 Å². The maximum Gasteiger partial charge on any atom is 0.0951 e. The van der Waals surface area contributed by atoms with E-state index < -0.39 is 0 Å². The number of aromatic nitrogens is 2. The third-order valence-corrected chi connectivity index (χ3v) is 5.12. The Kier molecular flexibility index (Phi) is 3.92. The third kappa shape index (κ3) is 2.41. The average molecular weight is 290 g/mol. The number of thiophene rings is 1. The van der Waals surface area contributed by atoms with Gasteiger partial charge in [-0.15, -0.1) is 11.3 Å². The van der Waals surface area contributed by atoms with Gasteiger partial charge in [0.1, 0.15) is 0 Å². The van der Waals surface area contributed by atoms with Crippen molar-refractivity contribution in [3.8, 4) is 0 Å². The minimum atomic E-state index is 0.257. The lowest BCUT2D eigenvalue weighted by Crippen LogP contribution is -2.38. The zero-order valence-corrected chi connectivity index (χ0v) is 12.9. The van der Waals surface area contributed by atoms with Gasteiger partial charge in [0.05, 0.1) is 18.1 Å². The van der Waals surface area contributed by atoms with E-state index in [0.29, 0.717) is 12.6 Å². The van der Waals surface area contributed by atoms with Crippen molar-refractivity contribution >= 4 is 11.3 Å². The first-order valence-corrected chi connectivity index (χ1v) is 8.09.